The maximum Gasteiger partial charge on any atom is 0.145 e. The first kappa shape index (κ1) is 36.0. The molecule has 10 aromatic rings. The fourth-order valence-electron chi connectivity index (χ4n) is 11.0. The predicted octanol–water partition coefficient (Wildman–Crippen LogP) is 16.3. The molecule has 1 spiro atoms. The van der Waals surface area contributed by atoms with Crippen LogP contribution in [0, 0.1) is 0 Å². The molecule has 294 valence electrons. The van der Waals surface area contributed by atoms with Crippen LogP contribution in [-0.4, -0.2) is 0 Å². The molecule has 2 heteroatoms. The number of benzene rings is 9. The monoisotopic (exact) mass is 785 g/mol. The van der Waals surface area contributed by atoms with Crippen molar-refractivity contribution in [2.24, 2.45) is 0 Å². The molecule has 2 aliphatic carbocycles. The molecule has 0 saturated heterocycles. The second-order valence-electron chi connectivity index (χ2n) is 19.2. The number of fused-ring (bicyclic) bond motifs is 19. The summed E-state index contributed by atoms with van der Waals surface area (Å²) in [4.78, 5) is 2.49. The van der Waals surface area contributed by atoms with Crippen molar-refractivity contribution in [2.75, 3.05) is 4.90 Å². The van der Waals surface area contributed by atoms with Crippen molar-refractivity contribution >= 4 is 60.5 Å². The number of hydrogen-bond acceptors (Lipinski definition) is 2. The molecule has 0 radical (unpaired) electrons. The molecule has 0 fully saturated rings. The lowest BCUT2D eigenvalue weighted by molar-refractivity contribution is 0.590. The fraction of sp³-hybridized carbons (Fsp3) is 0.153. The van der Waals surface area contributed by atoms with Crippen LogP contribution >= 0.6 is 0 Å². The molecule has 0 aliphatic heterocycles. The highest BCUT2D eigenvalue weighted by molar-refractivity contribution is 6.26. The van der Waals surface area contributed by atoms with Crippen LogP contribution in [-0.2, 0) is 16.2 Å². The van der Waals surface area contributed by atoms with E-state index < -0.39 is 5.41 Å². The Bertz CT molecular complexity index is 3320. The minimum atomic E-state index is -0.624. The molecule has 0 bridgehead atoms. The van der Waals surface area contributed by atoms with Crippen molar-refractivity contribution in [3.63, 3.8) is 0 Å². The molecule has 1 aromatic heterocycles. The highest BCUT2D eigenvalue weighted by atomic mass is 16.3. The quantitative estimate of drug-likeness (QED) is 0.166. The summed E-state index contributed by atoms with van der Waals surface area (Å²) in [5.41, 5.74) is 17.4. The van der Waals surface area contributed by atoms with E-state index in [9.17, 15) is 0 Å². The Hall–Kier alpha value is -6.90. The molecular formula is C59H47NO. The summed E-state index contributed by atoms with van der Waals surface area (Å²) in [7, 11) is 0. The van der Waals surface area contributed by atoms with Gasteiger partial charge in [0.25, 0.3) is 0 Å². The zero-order chi connectivity index (χ0) is 41.4. The zero-order valence-electron chi connectivity index (χ0n) is 35.6. The number of hydrogen-bond donors (Lipinski definition) is 0. The lowest BCUT2D eigenvalue weighted by Crippen LogP contribution is -2.26. The third-order valence-electron chi connectivity index (χ3n) is 13.8. The molecule has 2 aliphatic rings. The van der Waals surface area contributed by atoms with Gasteiger partial charge in [0.1, 0.15) is 11.2 Å². The first-order chi connectivity index (χ1) is 29.5. The van der Waals surface area contributed by atoms with Crippen molar-refractivity contribution in [1.82, 2.24) is 0 Å². The Labute approximate surface area is 357 Å². The first-order valence-electron chi connectivity index (χ1n) is 21.7. The summed E-state index contributed by atoms with van der Waals surface area (Å²) in [6, 6.07) is 66.0. The van der Waals surface area contributed by atoms with Gasteiger partial charge in [0.2, 0.25) is 0 Å². The minimum Gasteiger partial charge on any atom is -0.455 e. The van der Waals surface area contributed by atoms with Crippen molar-refractivity contribution in [1.29, 1.82) is 0 Å². The van der Waals surface area contributed by atoms with Crippen LogP contribution in [0.2, 0.25) is 0 Å². The third-order valence-corrected chi connectivity index (χ3v) is 13.8. The standard InChI is InChI=1S/C59H47NO/c1-57(2,3)36-27-31-38(32-28-36)60(39-33-29-37(30-34-39)58(4,5)6)50-35-49-54(56-52(50)46-23-13-16-26-51(46)61-56)53-44-21-9-7-17-40(44)41-18-8-10-22-45(41)55(53)59(49)47-24-14-11-19-42(47)43-20-12-15-25-48(43)59/h7-35H,1-6H3. The Morgan fingerprint density at radius 1 is 0.426 bits per heavy atom. The van der Waals surface area contributed by atoms with E-state index in [4.69, 9.17) is 4.42 Å². The number of rotatable bonds is 3. The predicted molar refractivity (Wildman–Crippen MR) is 257 cm³/mol. The number of furan rings is 1. The SMILES string of the molecule is CC(C)(C)c1ccc(N(c2ccc(C(C)(C)C)cc2)c2cc3c(c4oc5ccccc5c24)-c2c(c4ccccc4c4ccccc24)C32c3ccccc3-c3ccccc32)cc1. The van der Waals surface area contributed by atoms with Crippen LogP contribution in [0.3, 0.4) is 0 Å². The van der Waals surface area contributed by atoms with Crippen molar-refractivity contribution in [2.45, 2.75) is 57.8 Å². The van der Waals surface area contributed by atoms with Crippen LogP contribution < -0.4 is 4.90 Å². The molecule has 0 amide bonds. The van der Waals surface area contributed by atoms with Crippen molar-refractivity contribution in [3.8, 4) is 22.3 Å². The highest BCUT2D eigenvalue weighted by Gasteiger charge is 2.54. The second-order valence-corrected chi connectivity index (χ2v) is 19.2. The Morgan fingerprint density at radius 2 is 0.885 bits per heavy atom. The first-order valence-corrected chi connectivity index (χ1v) is 21.7. The van der Waals surface area contributed by atoms with Gasteiger partial charge < -0.3 is 9.32 Å². The lowest BCUT2D eigenvalue weighted by atomic mass is 9.69. The zero-order valence-corrected chi connectivity index (χ0v) is 35.6. The molecule has 0 saturated carbocycles. The third kappa shape index (κ3) is 4.91. The van der Waals surface area contributed by atoms with E-state index in [1.807, 2.05) is 0 Å². The Morgan fingerprint density at radius 3 is 1.44 bits per heavy atom. The van der Waals surface area contributed by atoms with E-state index in [0.29, 0.717) is 0 Å². The molecule has 1 heterocycles. The largest absolute Gasteiger partial charge is 0.455 e. The van der Waals surface area contributed by atoms with Gasteiger partial charge in [-0.15, -0.1) is 0 Å². The fourth-order valence-corrected chi connectivity index (χ4v) is 11.0. The lowest BCUT2D eigenvalue weighted by Gasteiger charge is -2.33. The van der Waals surface area contributed by atoms with E-state index >= 15 is 0 Å². The topological polar surface area (TPSA) is 16.4 Å². The van der Waals surface area contributed by atoms with Crippen LogP contribution in [0.5, 0.6) is 0 Å². The number of anilines is 3. The summed E-state index contributed by atoms with van der Waals surface area (Å²) in [6.45, 7) is 13.7. The molecular weight excluding hydrogens is 739 g/mol. The normalized spacial score (nSPS) is 13.9. The summed E-state index contributed by atoms with van der Waals surface area (Å²) >= 11 is 0. The molecule has 2 nitrogen and oxygen atoms in total. The smallest absolute Gasteiger partial charge is 0.145 e. The minimum absolute atomic E-state index is 0.0201. The van der Waals surface area contributed by atoms with Gasteiger partial charge in [-0.3, -0.25) is 0 Å². The summed E-state index contributed by atoms with van der Waals surface area (Å²) < 4.78 is 7.36. The maximum absolute atomic E-state index is 7.36. The molecule has 61 heavy (non-hydrogen) atoms. The average molecular weight is 786 g/mol. The van der Waals surface area contributed by atoms with Gasteiger partial charge in [0.15, 0.2) is 0 Å². The van der Waals surface area contributed by atoms with E-state index in [1.165, 1.54) is 77.2 Å². The molecule has 0 unspecified atom stereocenters. The van der Waals surface area contributed by atoms with Crippen LogP contribution in [0.1, 0.15) is 74.9 Å². The average Bonchev–Trinajstić information content (AvgIpc) is 3.91. The molecule has 0 atom stereocenters. The van der Waals surface area contributed by atoms with Gasteiger partial charge in [-0.05, 0) is 119 Å². The van der Waals surface area contributed by atoms with Crippen molar-refractivity contribution < 1.29 is 4.42 Å². The highest BCUT2D eigenvalue weighted by Crippen LogP contribution is 2.67. The van der Waals surface area contributed by atoms with Gasteiger partial charge in [-0.1, -0.05) is 181 Å². The summed E-state index contributed by atoms with van der Waals surface area (Å²) in [5, 5.41) is 7.28. The van der Waals surface area contributed by atoms with Gasteiger partial charge in [0, 0.05) is 22.3 Å². The van der Waals surface area contributed by atoms with Crippen LogP contribution in [0.15, 0.2) is 180 Å². The molecule has 0 N–H and O–H groups in total. The summed E-state index contributed by atoms with van der Waals surface area (Å²) in [6.07, 6.45) is 0. The maximum atomic E-state index is 7.36. The van der Waals surface area contributed by atoms with Gasteiger partial charge in [-0.2, -0.15) is 0 Å². The number of para-hydroxylation sites is 1. The van der Waals surface area contributed by atoms with Gasteiger partial charge in [0.05, 0.1) is 16.5 Å². The molecule has 12 rings (SSSR count). The Balaban J connectivity index is 1.30. The summed E-state index contributed by atoms with van der Waals surface area (Å²) in [5.74, 6) is 0. The number of nitrogens with zero attached hydrogens (tertiary/aromatic N) is 1. The van der Waals surface area contributed by atoms with Crippen molar-refractivity contribution in [3.05, 3.63) is 209 Å². The van der Waals surface area contributed by atoms with Gasteiger partial charge in [-0.25, -0.2) is 0 Å². The molecule has 9 aromatic carbocycles. The van der Waals surface area contributed by atoms with Crippen LogP contribution in [0.4, 0.5) is 17.1 Å². The van der Waals surface area contributed by atoms with E-state index in [2.05, 4.69) is 222 Å². The Kier molecular flexibility index (Phi) is 7.41. The van der Waals surface area contributed by atoms with Gasteiger partial charge >= 0.3 is 0 Å². The van der Waals surface area contributed by atoms with E-state index in [-0.39, 0.29) is 10.8 Å². The van der Waals surface area contributed by atoms with E-state index in [1.54, 1.807) is 0 Å². The van der Waals surface area contributed by atoms with E-state index in [0.717, 1.165) is 39.0 Å². The van der Waals surface area contributed by atoms with Crippen LogP contribution in [0.25, 0.3) is 65.7 Å². The second kappa shape index (κ2) is 12.6.